The zero-order valence-electron chi connectivity index (χ0n) is 7.41. The van der Waals surface area contributed by atoms with Crippen molar-refractivity contribution in [3.63, 3.8) is 0 Å². The fraction of sp³-hybridized carbons (Fsp3) is 0.444. The maximum absolute atomic E-state index is 5.29. The van der Waals surface area contributed by atoms with Crippen molar-refractivity contribution in [1.82, 2.24) is 4.98 Å². The molecular weight excluding hydrogens is 168 g/mol. The van der Waals surface area contributed by atoms with Crippen molar-refractivity contribution in [2.75, 3.05) is 25.6 Å². The first kappa shape index (κ1) is 8.47. The summed E-state index contributed by atoms with van der Waals surface area (Å²) in [6.45, 7) is 1.26. The van der Waals surface area contributed by atoms with Crippen molar-refractivity contribution in [3.8, 4) is 0 Å². The Bertz CT molecular complexity index is 285. The van der Waals surface area contributed by atoms with E-state index < -0.39 is 0 Å². The van der Waals surface area contributed by atoms with Crippen LogP contribution in [-0.4, -0.2) is 25.2 Å². The Morgan fingerprint density at radius 2 is 2.31 bits per heavy atom. The van der Waals surface area contributed by atoms with Gasteiger partial charge in [0.15, 0.2) is 0 Å². The molecule has 4 nitrogen and oxygen atoms in total. The summed E-state index contributed by atoms with van der Waals surface area (Å²) in [5.41, 5.74) is 0.698. The van der Waals surface area contributed by atoms with Crippen molar-refractivity contribution < 1.29 is 9.47 Å². The maximum atomic E-state index is 5.29. The van der Waals surface area contributed by atoms with E-state index in [2.05, 4.69) is 16.4 Å². The molecule has 13 heavy (non-hydrogen) atoms. The highest BCUT2D eigenvalue weighted by atomic mass is 16.7. The Morgan fingerprint density at radius 3 is 3.00 bits per heavy atom. The molecule has 1 aliphatic rings. The van der Waals surface area contributed by atoms with Gasteiger partial charge in [-0.2, -0.15) is 0 Å². The van der Waals surface area contributed by atoms with E-state index in [0.717, 1.165) is 5.82 Å². The second kappa shape index (κ2) is 3.72. The van der Waals surface area contributed by atoms with Crippen LogP contribution in [0.1, 0.15) is 12.0 Å². The normalized spacial score (nSPS) is 17.6. The molecule has 4 heteroatoms. The fourth-order valence-electron chi connectivity index (χ4n) is 1.18. The van der Waals surface area contributed by atoms with Gasteiger partial charge in [0.2, 0.25) is 6.29 Å². The first-order chi connectivity index (χ1) is 6.40. The minimum Gasteiger partial charge on any atom is -0.373 e. The summed E-state index contributed by atoms with van der Waals surface area (Å²) < 4.78 is 10.6. The highest BCUT2D eigenvalue weighted by Gasteiger charge is 2.19. The van der Waals surface area contributed by atoms with Crippen molar-refractivity contribution >= 4 is 5.82 Å². The average molecular weight is 179 g/mol. The lowest BCUT2D eigenvalue weighted by molar-refractivity contribution is -0.0473. The van der Waals surface area contributed by atoms with E-state index in [9.17, 15) is 0 Å². The van der Waals surface area contributed by atoms with Gasteiger partial charge in [0.25, 0.3) is 0 Å². The summed E-state index contributed by atoms with van der Waals surface area (Å²) in [5, 5.41) is 2.95. The highest BCUT2D eigenvalue weighted by Crippen LogP contribution is 2.21. The summed E-state index contributed by atoms with van der Waals surface area (Å²) >= 11 is 0. The lowest BCUT2D eigenvalue weighted by atomic mass is 10.3. The Hall–Kier alpha value is -1.13. The molecule has 1 N–H and O–H groups in total. The molecule has 0 atom stereocenters. The molecule has 1 aromatic heterocycles. The zero-order chi connectivity index (χ0) is 9.10. The van der Waals surface area contributed by atoms with Gasteiger partial charge in [-0.15, -0.1) is 0 Å². The topological polar surface area (TPSA) is 43.4 Å². The van der Waals surface area contributed by atoms with Gasteiger partial charge in [-0.3, -0.25) is 0 Å². The molecule has 0 spiro atoms. The molecule has 0 saturated carbocycles. The third-order valence-corrected chi connectivity index (χ3v) is 1.81. The quantitative estimate of drug-likeness (QED) is 0.734. The van der Waals surface area contributed by atoms with Crippen LogP contribution in [0.3, 0.4) is 0 Å². The van der Waals surface area contributed by atoms with Gasteiger partial charge in [-0.25, -0.2) is 4.98 Å². The molecule has 1 fully saturated rings. The second-order valence-corrected chi connectivity index (χ2v) is 2.68. The highest BCUT2D eigenvalue weighted by molar-refractivity contribution is 5.34. The lowest BCUT2D eigenvalue weighted by Gasteiger charge is -2.08. The lowest BCUT2D eigenvalue weighted by Crippen LogP contribution is -2.03. The summed E-state index contributed by atoms with van der Waals surface area (Å²) in [5.74, 6) is 0.799. The Balaban J connectivity index is 2.18. The van der Waals surface area contributed by atoms with Crippen LogP contribution in [0.5, 0.6) is 0 Å². The number of hydrogen-bond acceptors (Lipinski definition) is 4. The molecule has 2 heterocycles. The molecule has 1 saturated heterocycles. The SMILES string of the molecule is CNc1cc[c]c(C2OCCO2)n1. The number of hydrogen-bond donors (Lipinski definition) is 1. The van der Waals surface area contributed by atoms with Gasteiger partial charge in [-0.05, 0) is 12.1 Å². The number of nitrogens with one attached hydrogen (secondary N) is 1. The van der Waals surface area contributed by atoms with Gasteiger partial charge < -0.3 is 14.8 Å². The van der Waals surface area contributed by atoms with Gasteiger partial charge in [-0.1, -0.05) is 0 Å². The van der Waals surface area contributed by atoms with Crippen LogP contribution in [0.4, 0.5) is 5.82 Å². The van der Waals surface area contributed by atoms with Gasteiger partial charge in [0, 0.05) is 13.1 Å². The van der Waals surface area contributed by atoms with E-state index in [0.29, 0.717) is 18.9 Å². The standard InChI is InChI=1S/C9H11N2O2/c1-10-8-4-2-3-7(11-8)9-12-5-6-13-9/h2,4,9H,5-6H2,1H3,(H,10,11). The monoisotopic (exact) mass is 179 g/mol. The summed E-state index contributed by atoms with van der Waals surface area (Å²) in [6.07, 6.45) is -0.340. The van der Waals surface area contributed by atoms with Crippen LogP contribution in [0.25, 0.3) is 0 Å². The summed E-state index contributed by atoms with van der Waals surface area (Å²) in [4.78, 5) is 4.26. The van der Waals surface area contributed by atoms with E-state index in [4.69, 9.17) is 9.47 Å². The van der Waals surface area contributed by atoms with Crippen LogP contribution in [0.2, 0.25) is 0 Å². The first-order valence-electron chi connectivity index (χ1n) is 4.20. The van der Waals surface area contributed by atoms with Crippen molar-refractivity contribution in [3.05, 3.63) is 23.9 Å². The van der Waals surface area contributed by atoms with E-state index in [-0.39, 0.29) is 6.29 Å². The maximum Gasteiger partial charge on any atom is 0.201 e. The first-order valence-corrected chi connectivity index (χ1v) is 4.20. The van der Waals surface area contributed by atoms with Crippen LogP contribution in [-0.2, 0) is 9.47 Å². The third-order valence-electron chi connectivity index (χ3n) is 1.81. The summed E-state index contributed by atoms with van der Waals surface area (Å²) in [7, 11) is 1.82. The van der Waals surface area contributed by atoms with Gasteiger partial charge in [0.05, 0.1) is 13.2 Å². The van der Waals surface area contributed by atoms with Crippen LogP contribution in [0, 0.1) is 6.07 Å². The molecule has 0 bridgehead atoms. The van der Waals surface area contributed by atoms with Crippen LogP contribution in [0.15, 0.2) is 12.1 Å². The Morgan fingerprint density at radius 1 is 1.54 bits per heavy atom. The molecule has 1 aromatic rings. The minimum atomic E-state index is -0.340. The smallest absolute Gasteiger partial charge is 0.201 e. The van der Waals surface area contributed by atoms with Gasteiger partial charge >= 0.3 is 0 Å². The fourth-order valence-corrected chi connectivity index (χ4v) is 1.18. The number of rotatable bonds is 2. The number of pyridine rings is 1. The van der Waals surface area contributed by atoms with E-state index in [1.807, 2.05) is 13.1 Å². The molecule has 69 valence electrons. The van der Waals surface area contributed by atoms with E-state index in [1.165, 1.54) is 0 Å². The molecule has 1 radical (unpaired) electrons. The number of aromatic nitrogens is 1. The Kier molecular flexibility index (Phi) is 2.42. The summed E-state index contributed by atoms with van der Waals surface area (Å²) in [6, 6.07) is 6.63. The third kappa shape index (κ3) is 1.79. The van der Waals surface area contributed by atoms with Crippen LogP contribution >= 0.6 is 0 Å². The number of anilines is 1. The second-order valence-electron chi connectivity index (χ2n) is 2.68. The van der Waals surface area contributed by atoms with E-state index >= 15 is 0 Å². The molecule has 0 unspecified atom stereocenters. The van der Waals surface area contributed by atoms with Crippen molar-refractivity contribution in [2.45, 2.75) is 6.29 Å². The minimum absolute atomic E-state index is 0.340. The number of ether oxygens (including phenoxy) is 2. The van der Waals surface area contributed by atoms with Crippen molar-refractivity contribution in [1.29, 1.82) is 0 Å². The number of nitrogens with zero attached hydrogens (tertiary/aromatic N) is 1. The molecule has 0 aromatic carbocycles. The average Bonchev–Trinajstić information content (AvgIpc) is 2.71. The predicted molar refractivity (Wildman–Crippen MR) is 47.3 cm³/mol. The van der Waals surface area contributed by atoms with Crippen molar-refractivity contribution in [2.24, 2.45) is 0 Å². The Labute approximate surface area is 76.9 Å². The van der Waals surface area contributed by atoms with Gasteiger partial charge in [0.1, 0.15) is 11.5 Å². The van der Waals surface area contributed by atoms with E-state index in [1.54, 1.807) is 6.07 Å². The van der Waals surface area contributed by atoms with Crippen LogP contribution < -0.4 is 5.32 Å². The molecule has 0 amide bonds. The predicted octanol–water partition coefficient (Wildman–Crippen LogP) is 0.969. The molecule has 1 aliphatic heterocycles. The molecular formula is C9H11N2O2. The zero-order valence-corrected chi connectivity index (χ0v) is 7.41. The largest absolute Gasteiger partial charge is 0.373 e. The molecule has 2 rings (SSSR count). The molecule has 0 aliphatic carbocycles.